The number of nitrogens with one attached hydrogen (secondary N) is 1. The van der Waals surface area contributed by atoms with Gasteiger partial charge in [0.2, 0.25) is 5.91 Å². The minimum absolute atomic E-state index is 0. The third-order valence-electron chi connectivity index (χ3n) is 5.52. The van der Waals surface area contributed by atoms with Gasteiger partial charge in [-0.15, -0.1) is 24.0 Å². The lowest BCUT2D eigenvalue weighted by Crippen LogP contribution is -2.49. The van der Waals surface area contributed by atoms with Crippen molar-refractivity contribution >= 4 is 47.6 Å². The number of aliphatic imine (C=N–C) groups is 1. The fourth-order valence-corrected chi connectivity index (χ4v) is 5.10. The van der Waals surface area contributed by atoms with Crippen LogP contribution in [0.4, 0.5) is 0 Å². The molecule has 0 radical (unpaired) electrons. The van der Waals surface area contributed by atoms with E-state index in [-0.39, 0.29) is 29.9 Å². The number of thioether (sulfide) groups is 1. The molecule has 3 rings (SSSR count). The monoisotopic (exact) mass is 530 g/mol. The molecule has 1 N–H and O–H groups in total. The van der Waals surface area contributed by atoms with Gasteiger partial charge in [-0.3, -0.25) is 4.79 Å². The van der Waals surface area contributed by atoms with Gasteiger partial charge in [-0.1, -0.05) is 38.1 Å². The molecule has 2 aliphatic rings. The summed E-state index contributed by atoms with van der Waals surface area (Å²) >= 11 is 2.08. The molecule has 29 heavy (non-hydrogen) atoms. The molecule has 0 aromatic heterocycles. The molecule has 2 heterocycles. The molecule has 2 saturated heterocycles. The SMILES string of the molecule is CCNC(=NCc1ccccc1CN1CCCC1=O)N1CCSC(C(C)C)C1.I. The fraction of sp³-hybridized carbons (Fsp3) is 0.636. The van der Waals surface area contributed by atoms with Crippen LogP contribution in [-0.4, -0.2) is 58.8 Å². The Balaban J connectivity index is 0.00000300. The molecule has 0 bridgehead atoms. The minimum Gasteiger partial charge on any atom is -0.357 e. The van der Waals surface area contributed by atoms with Crippen LogP contribution in [-0.2, 0) is 17.9 Å². The van der Waals surface area contributed by atoms with Crippen LogP contribution in [0.1, 0.15) is 44.7 Å². The van der Waals surface area contributed by atoms with Crippen LogP contribution in [0.5, 0.6) is 0 Å². The summed E-state index contributed by atoms with van der Waals surface area (Å²) in [6.45, 7) is 11.9. The number of hydrogen-bond donors (Lipinski definition) is 1. The normalized spacial score (nSPS) is 20.2. The van der Waals surface area contributed by atoms with Crippen LogP contribution in [0.3, 0.4) is 0 Å². The zero-order chi connectivity index (χ0) is 19.9. The second-order valence-electron chi connectivity index (χ2n) is 7.96. The molecular weight excluding hydrogens is 495 g/mol. The Labute approximate surface area is 197 Å². The van der Waals surface area contributed by atoms with E-state index >= 15 is 0 Å². The highest BCUT2D eigenvalue weighted by atomic mass is 127. The lowest BCUT2D eigenvalue weighted by atomic mass is 10.1. The van der Waals surface area contributed by atoms with Crippen LogP contribution in [0.2, 0.25) is 0 Å². The second-order valence-corrected chi connectivity index (χ2v) is 9.30. The Morgan fingerprint density at radius 1 is 1.28 bits per heavy atom. The summed E-state index contributed by atoms with van der Waals surface area (Å²) < 4.78 is 0. The van der Waals surface area contributed by atoms with E-state index in [0.29, 0.717) is 30.7 Å². The number of amides is 1. The maximum absolute atomic E-state index is 12.0. The fourth-order valence-electron chi connectivity index (χ4n) is 3.80. The smallest absolute Gasteiger partial charge is 0.222 e. The van der Waals surface area contributed by atoms with Crippen LogP contribution in [0, 0.1) is 5.92 Å². The van der Waals surface area contributed by atoms with Crippen molar-refractivity contribution in [3.05, 3.63) is 35.4 Å². The van der Waals surface area contributed by atoms with Gasteiger partial charge >= 0.3 is 0 Å². The van der Waals surface area contributed by atoms with E-state index < -0.39 is 0 Å². The number of nitrogens with zero attached hydrogens (tertiary/aromatic N) is 3. The van der Waals surface area contributed by atoms with Crippen molar-refractivity contribution in [1.29, 1.82) is 0 Å². The van der Waals surface area contributed by atoms with E-state index in [1.54, 1.807) is 0 Å². The Hall–Kier alpha value is -0.960. The van der Waals surface area contributed by atoms with Gasteiger partial charge in [-0.05, 0) is 30.4 Å². The summed E-state index contributed by atoms with van der Waals surface area (Å²) in [5.41, 5.74) is 2.43. The number of benzene rings is 1. The van der Waals surface area contributed by atoms with Gasteiger partial charge in [0.15, 0.2) is 5.96 Å². The molecule has 0 saturated carbocycles. The lowest BCUT2D eigenvalue weighted by Gasteiger charge is -2.36. The van der Waals surface area contributed by atoms with Crippen molar-refractivity contribution in [3.63, 3.8) is 0 Å². The first-order valence-corrected chi connectivity index (χ1v) is 11.6. The summed E-state index contributed by atoms with van der Waals surface area (Å²) in [6.07, 6.45) is 1.67. The van der Waals surface area contributed by atoms with Crippen molar-refractivity contribution in [2.75, 3.05) is 31.9 Å². The first kappa shape index (κ1) is 24.3. The first-order chi connectivity index (χ1) is 13.6. The molecule has 1 aromatic carbocycles. The maximum Gasteiger partial charge on any atom is 0.222 e. The van der Waals surface area contributed by atoms with Gasteiger partial charge in [-0.25, -0.2) is 4.99 Å². The minimum atomic E-state index is 0. The molecule has 0 spiro atoms. The van der Waals surface area contributed by atoms with Crippen molar-refractivity contribution in [2.24, 2.45) is 10.9 Å². The molecule has 1 amide bonds. The Morgan fingerprint density at radius 3 is 2.69 bits per heavy atom. The van der Waals surface area contributed by atoms with E-state index in [2.05, 4.69) is 67.0 Å². The molecule has 5 nitrogen and oxygen atoms in total. The largest absolute Gasteiger partial charge is 0.357 e. The molecule has 2 aliphatic heterocycles. The molecule has 1 unspecified atom stereocenters. The molecule has 2 fully saturated rings. The van der Waals surface area contributed by atoms with Gasteiger partial charge in [0.1, 0.15) is 0 Å². The second kappa shape index (κ2) is 12.0. The number of carbonyl (C=O) groups is 1. The van der Waals surface area contributed by atoms with Gasteiger partial charge < -0.3 is 15.1 Å². The average Bonchev–Trinajstić information content (AvgIpc) is 3.11. The molecule has 0 aliphatic carbocycles. The van der Waals surface area contributed by atoms with Crippen molar-refractivity contribution in [1.82, 2.24) is 15.1 Å². The van der Waals surface area contributed by atoms with Crippen LogP contribution in [0.25, 0.3) is 0 Å². The standard InChI is InChI=1S/C22H34N4OS.HI/c1-4-23-22(26-12-13-28-20(16-26)17(2)3)24-14-18-8-5-6-9-19(18)15-25-11-7-10-21(25)27;/h5-6,8-9,17,20H,4,7,10-16H2,1-3H3,(H,23,24);1H. The predicted octanol–water partition coefficient (Wildman–Crippen LogP) is 3.97. The van der Waals surface area contributed by atoms with Gasteiger partial charge in [0.25, 0.3) is 0 Å². The molecular formula is C22H35IN4OS. The number of guanidine groups is 1. The number of likely N-dealkylation sites (tertiary alicyclic amines) is 1. The average molecular weight is 531 g/mol. The van der Waals surface area contributed by atoms with Crippen LogP contribution in [0.15, 0.2) is 29.3 Å². The van der Waals surface area contributed by atoms with Crippen LogP contribution >= 0.6 is 35.7 Å². The summed E-state index contributed by atoms with van der Waals surface area (Å²) in [4.78, 5) is 21.4. The Bertz CT molecular complexity index is 697. The lowest BCUT2D eigenvalue weighted by molar-refractivity contribution is -0.128. The van der Waals surface area contributed by atoms with Gasteiger partial charge in [0.05, 0.1) is 6.54 Å². The Kier molecular flexibility index (Phi) is 10.1. The quantitative estimate of drug-likeness (QED) is 0.344. The topological polar surface area (TPSA) is 47.9 Å². The molecule has 1 aromatic rings. The predicted molar refractivity (Wildman–Crippen MR) is 134 cm³/mol. The summed E-state index contributed by atoms with van der Waals surface area (Å²) in [6, 6.07) is 8.41. The van der Waals surface area contributed by atoms with E-state index in [0.717, 1.165) is 44.3 Å². The van der Waals surface area contributed by atoms with E-state index in [9.17, 15) is 4.79 Å². The molecule has 162 valence electrons. The van der Waals surface area contributed by atoms with Crippen molar-refractivity contribution in [2.45, 2.75) is 52.0 Å². The molecule has 7 heteroatoms. The highest BCUT2D eigenvalue weighted by molar-refractivity contribution is 14.0. The summed E-state index contributed by atoms with van der Waals surface area (Å²) in [5, 5.41) is 4.14. The first-order valence-electron chi connectivity index (χ1n) is 10.6. The highest BCUT2D eigenvalue weighted by Crippen LogP contribution is 2.25. The van der Waals surface area contributed by atoms with Gasteiger partial charge in [-0.2, -0.15) is 11.8 Å². The third kappa shape index (κ3) is 6.77. The maximum atomic E-state index is 12.0. The summed E-state index contributed by atoms with van der Waals surface area (Å²) in [5.74, 6) is 3.12. The Morgan fingerprint density at radius 2 is 2.03 bits per heavy atom. The highest BCUT2D eigenvalue weighted by Gasteiger charge is 2.25. The summed E-state index contributed by atoms with van der Waals surface area (Å²) in [7, 11) is 0. The molecule has 1 atom stereocenters. The number of carbonyl (C=O) groups excluding carboxylic acids is 1. The van der Waals surface area contributed by atoms with Crippen molar-refractivity contribution in [3.8, 4) is 0 Å². The van der Waals surface area contributed by atoms with E-state index in [1.807, 2.05) is 4.90 Å². The van der Waals surface area contributed by atoms with Gasteiger partial charge in [0, 0.05) is 50.1 Å². The number of hydrogen-bond acceptors (Lipinski definition) is 3. The van der Waals surface area contributed by atoms with Crippen LogP contribution < -0.4 is 5.32 Å². The number of halogens is 1. The zero-order valence-corrected chi connectivity index (χ0v) is 21.0. The zero-order valence-electron chi connectivity index (χ0n) is 17.9. The number of rotatable bonds is 6. The van der Waals surface area contributed by atoms with Crippen molar-refractivity contribution < 1.29 is 4.79 Å². The van der Waals surface area contributed by atoms with E-state index in [4.69, 9.17) is 4.99 Å². The van der Waals surface area contributed by atoms with E-state index in [1.165, 1.54) is 11.1 Å². The third-order valence-corrected chi connectivity index (χ3v) is 7.06.